The highest BCUT2D eigenvalue weighted by molar-refractivity contribution is 5.94. The van der Waals surface area contributed by atoms with Crippen LogP contribution in [0.2, 0.25) is 0 Å². The Bertz CT molecular complexity index is 691. The van der Waals surface area contributed by atoms with Gasteiger partial charge in [0.15, 0.2) is 0 Å². The molecule has 6 heteroatoms. The second kappa shape index (κ2) is 8.09. The van der Waals surface area contributed by atoms with Crippen LogP contribution < -0.4 is 5.32 Å². The van der Waals surface area contributed by atoms with Gasteiger partial charge >= 0.3 is 0 Å². The van der Waals surface area contributed by atoms with Gasteiger partial charge in [0, 0.05) is 24.8 Å². The first kappa shape index (κ1) is 17.4. The Hall–Kier alpha value is -2.44. The summed E-state index contributed by atoms with van der Waals surface area (Å²) in [5.74, 6) is -0.128. The Kier molecular flexibility index (Phi) is 5.63. The predicted molar refractivity (Wildman–Crippen MR) is 94.1 cm³/mol. The van der Waals surface area contributed by atoms with Crippen molar-refractivity contribution < 1.29 is 15.0 Å². The summed E-state index contributed by atoms with van der Waals surface area (Å²) in [5.41, 5.74) is 1.44. The fourth-order valence-corrected chi connectivity index (χ4v) is 3.09. The molecular weight excluding hydrogens is 318 g/mol. The Morgan fingerprint density at radius 3 is 2.76 bits per heavy atom. The van der Waals surface area contributed by atoms with Crippen LogP contribution in [0.15, 0.2) is 48.7 Å². The van der Waals surface area contributed by atoms with Crippen LogP contribution in [-0.4, -0.2) is 51.2 Å². The van der Waals surface area contributed by atoms with Gasteiger partial charge < -0.3 is 15.5 Å². The predicted octanol–water partition coefficient (Wildman–Crippen LogP) is 1.54. The highest BCUT2D eigenvalue weighted by atomic mass is 16.3. The molecule has 132 valence electrons. The monoisotopic (exact) mass is 341 g/mol. The molecule has 1 aromatic heterocycles. The molecule has 0 unspecified atom stereocenters. The molecule has 0 bridgehead atoms. The van der Waals surface area contributed by atoms with Gasteiger partial charge in [0.2, 0.25) is 0 Å². The molecule has 2 atom stereocenters. The number of carbonyl (C=O) groups is 1. The molecule has 1 aromatic carbocycles. The van der Waals surface area contributed by atoms with Crippen molar-refractivity contribution in [3.05, 3.63) is 59.9 Å². The van der Waals surface area contributed by atoms with Crippen molar-refractivity contribution in [1.82, 2.24) is 15.2 Å². The van der Waals surface area contributed by atoms with Crippen molar-refractivity contribution in [1.29, 1.82) is 0 Å². The molecule has 1 saturated heterocycles. The number of benzene rings is 1. The highest BCUT2D eigenvalue weighted by Crippen LogP contribution is 2.15. The maximum absolute atomic E-state index is 12.4. The number of aromatic hydroxyl groups is 1. The number of aliphatic hydroxyl groups excluding tert-OH is 1. The van der Waals surface area contributed by atoms with E-state index < -0.39 is 6.10 Å². The van der Waals surface area contributed by atoms with Crippen LogP contribution in [0.5, 0.6) is 5.75 Å². The lowest BCUT2D eigenvalue weighted by Crippen LogP contribution is -2.48. The Labute approximate surface area is 147 Å². The lowest BCUT2D eigenvalue weighted by Gasteiger charge is -2.26. The number of phenols is 1. The number of rotatable bonds is 4. The van der Waals surface area contributed by atoms with Crippen molar-refractivity contribution >= 4 is 5.91 Å². The molecule has 0 saturated carbocycles. The molecule has 6 nitrogen and oxygen atoms in total. The van der Waals surface area contributed by atoms with E-state index in [-0.39, 0.29) is 17.7 Å². The topological polar surface area (TPSA) is 85.7 Å². The van der Waals surface area contributed by atoms with Gasteiger partial charge in [-0.05, 0) is 55.8 Å². The van der Waals surface area contributed by atoms with E-state index >= 15 is 0 Å². The van der Waals surface area contributed by atoms with Crippen LogP contribution >= 0.6 is 0 Å². The van der Waals surface area contributed by atoms with Crippen LogP contribution in [0.25, 0.3) is 0 Å². The molecule has 0 aliphatic carbocycles. The Morgan fingerprint density at radius 1 is 1.24 bits per heavy atom. The van der Waals surface area contributed by atoms with Crippen molar-refractivity contribution in [2.45, 2.75) is 31.5 Å². The number of phenolic OH excluding ortho intramolecular Hbond substituents is 1. The smallest absolute Gasteiger partial charge is 0.251 e. The number of nitrogens with one attached hydrogen (secondary N) is 1. The molecule has 0 radical (unpaired) electrons. The molecule has 3 N–H and O–H groups in total. The van der Waals surface area contributed by atoms with Crippen LogP contribution in [0, 0.1) is 0 Å². The van der Waals surface area contributed by atoms with Gasteiger partial charge in [-0.1, -0.05) is 6.07 Å². The van der Waals surface area contributed by atoms with E-state index in [1.807, 2.05) is 18.2 Å². The SMILES string of the molecule is O=C(N[C@@H]1CN(Cc2ccccn2)CCC[C@H]1O)c1ccc(O)cc1. The van der Waals surface area contributed by atoms with Gasteiger partial charge in [-0.2, -0.15) is 0 Å². The number of hydrogen-bond donors (Lipinski definition) is 3. The molecular formula is C19H23N3O3. The van der Waals surface area contributed by atoms with Crippen molar-refractivity contribution in [2.75, 3.05) is 13.1 Å². The molecule has 0 spiro atoms. The molecule has 1 amide bonds. The minimum atomic E-state index is -0.574. The first-order chi connectivity index (χ1) is 12.1. The average molecular weight is 341 g/mol. The third kappa shape index (κ3) is 4.78. The van der Waals surface area contributed by atoms with Crippen LogP contribution in [0.1, 0.15) is 28.9 Å². The first-order valence-electron chi connectivity index (χ1n) is 8.52. The lowest BCUT2D eigenvalue weighted by atomic mass is 10.1. The van der Waals surface area contributed by atoms with Gasteiger partial charge in [-0.25, -0.2) is 0 Å². The van der Waals surface area contributed by atoms with Gasteiger partial charge in [-0.15, -0.1) is 0 Å². The summed E-state index contributed by atoms with van der Waals surface area (Å²) in [6.45, 7) is 2.12. The number of aliphatic hydroxyl groups is 1. The van der Waals surface area contributed by atoms with Crippen LogP contribution in [-0.2, 0) is 6.54 Å². The first-order valence-corrected chi connectivity index (χ1v) is 8.52. The Balaban J connectivity index is 1.65. The van der Waals surface area contributed by atoms with Crippen LogP contribution in [0.4, 0.5) is 0 Å². The normalized spacial score (nSPS) is 21.5. The highest BCUT2D eigenvalue weighted by Gasteiger charge is 2.27. The minimum absolute atomic E-state index is 0.118. The van der Waals surface area contributed by atoms with Crippen LogP contribution in [0.3, 0.4) is 0 Å². The number of hydrogen-bond acceptors (Lipinski definition) is 5. The second-order valence-corrected chi connectivity index (χ2v) is 6.39. The fourth-order valence-electron chi connectivity index (χ4n) is 3.09. The average Bonchev–Trinajstić information content (AvgIpc) is 2.78. The van der Waals surface area contributed by atoms with E-state index in [1.165, 1.54) is 12.1 Å². The number of aromatic nitrogens is 1. The molecule has 1 aliphatic rings. The summed E-state index contributed by atoms with van der Waals surface area (Å²) >= 11 is 0. The van der Waals surface area contributed by atoms with E-state index in [4.69, 9.17) is 0 Å². The third-order valence-corrected chi connectivity index (χ3v) is 4.45. The minimum Gasteiger partial charge on any atom is -0.508 e. The number of likely N-dealkylation sites (tertiary alicyclic amines) is 1. The number of pyridine rings is 1. The summed E-state index contributed by atoms with van der Waals surface area (Å²) in [4.78, 5) is 19.0. The molecule has 1 fully saturated rings. The summed E-state index contributed by atoms with van der Waals surface area (Å²) in [5, 5.41) is 22.6. The van der Waals surface area contributed by atoms with E-state index in [1.54, 1.807) is 18.3 Å². The van der Waals surface area contributed by atoms with Gasteiger partial charge in [-0.3, -0.25) is 14.7 Å². The van der Waals surface area contributed by atoms with E-state index in [9.17, 15) is 15.0 Å². The lowest BCUT2D eigenvalue weighted by molar-refractivity contribution is 0.0797. The quantitative estimate of drug-likeness (QED) is 0.785. The molecule has 1 aliphatic heterocycles. The van der Waals surface area contributed by atoms with E-state index in [0.717, 1.165) is 18.7 Å². The van der Waals surface area contributed by atoms with Gasteiger partial charge in [0.1, 0.15) is 5.75 Å². The number of amides is 1. The van der Waals surface area contributed by atoms with Crippen molar-refractivity contribution in [2.24, 2.45) is 0 Å². The third-order valence-electron chi connectivity index (χ3n) is 4.45. The molecule has 2 aromatic rings. The fraction of sp³-hybridized carbons (Fsp3) is 0.368. The summed E-state index contributed by atoms with van der Waals surface area (Å²) in [6, 6.07) is 11.6. The van der Waals surface area contributed by atoms with Crippen molar-refractivity contribution in [3.8, 4) is 5.75 Å². The summed E-state index contributed by atoms with van der Waals surface area (Å²) in [6.07, 6.45) is 2.72. The largest absolute Gasteiger partial charge is 0.508 e. The van der Waals surface area contributed by atoms with E-state index in [0.29, 0.717) is 25.1 Å². The molecule has 2 heterocycles. The second-order valence-electron chi connectivity index (χ2n) is 6.39. The van der Waals surface area contributed by atoms with Crippen molar-refractivity contribution in [3.63, 3.8) is 0 Å². The number of nitrogens with zero attached hydrogens (tertiary/aromatic N) is 2. The zero-order valence-electron chi connectivity index (χ0n) is 14.0. The standard InChI is InChI=1S/C19H23N3O3/c23-16-8-6-14(7-9-16)19(25)21-17-13-22(11-3-5-18(17)24)12-15-4-1-2-10-20-15/h1-2,4,6-10,17-18,23-24H,3,5,11-13H2,(H,21,25)/t17-,18-/m1/s1. The van der Waals surface area contributed by atoms with Gasteiger partial charge in [0.25, 0.3) is 5.91 Å². The summed E-state index contributed by atoms with van der Waals surface area (Å²) < 4.78 is 0. The molecule has 3 rings (SSSR count). The maximum Gasteiger partial charge on any atom is 0.251 e. The number of carbonyl (C=O) groups excluding carboxylic acids is 1. The zero-order valence-corrected chi connectivity index (χ0v) is 14.0. The summed E-state index contributed by atoms with van der Waals surface area (Å²) in [7, 11) is 0. The molecule has 25 heavy (non-hydrogen) atoms. The maximum atomic E-state index is 12.4. The Morgan fingerprint density at radius 2 is 2.04 bits per heavy atom. The zero-order chi connectivity index (χ0) is 17.6. The van der Waals surface area contributed by atoms with E-state index in [2.05, 4.69) is 15.2 Å². The van der Waals surface area contributed by atoms with Gasteiger partial charge in [0.05, 0.1) is 17.8 Å².